The highest BCUT2D eigenvalue weighted by molar-refractivity contribution is 6.76. The number of carbonyl (C=O) groups is 1. The lowest BCUT2D eigenvalue weighted by atomic mass is 10.2. The zero-order valence-electron chi connectivity index (χ0n) is 19.5. The van der Waals surface area contributed by atoms with Gasteiger partial charge in [0.25, 0.3) is 5.56 Å². The number of nitrogens with zero attached hydrogens (tertiary/aromatic N) is 2. The van der Waals surface area contributed by atoms with Crippen molar-refractivity contribution in [2.45, 2.75) is 71.4 Å². The van der Waals surface area contributed by atoms with Crippen LogP contribution in [0.15, 0.2) is 11.0 Å². The second kappa shape index (κ2) is 11.8. The summed E-state index contributed by atoms with van der Waals surface area (Å²) in [4.78, 5) is 23.9. The van der Waals surface area contributed by atoms with Crippen molar-refractivity contribution in [1.82, 2.24) is 9.78 Å². The summed E-state index contributed by atoms with van der Waals surface area (Å²) < 4.78 is 61.7. The highest BCUT2D eigenvalue weighted by Gasteiger charge is 2.39. The minimum atomic E-state index is -4.92. The Balaban J connectivity index is 2.62. The predicted octanol–water partition coefficient (Wildman–Crippen LogP) is 3.70. The van der Waals surface area contributed by atoms with Crippen molar-refractivity contribution < 1.29 is 36.9 Å². The van der Waals surface area contributed by atoms with E-state index in [0.29, 0.717) is 11.3 Å². The number of carbonyl (C=O) groups excluding carboxylic acids is 1. The number of halogens is 3. The second-order valence-electron chi connectivity index (χ2n) is 9.33. The van der Waals surface area contributed by atoms with Gasteiger partial charge >= 0.3 is 12.1 Å². The molecule has 0 fully saturated rings. The Bertz CT molecular complexity index is 800. The topological polar surface area (TPSA) is 88.9 Å². The lowest BCUT2D eigenvalue weighted by molar-refractivity contribution is -0.156. The monoisotopic (exact) mass is 482 g/mol. The standard InChI is InChI=1S/C20H33F3N2O6Si/c1-19(2,3)31-16(26)7-8-28-9-10-30-15-13-24-25(14-29-11-12-32(4,5)6)18(27)17(15)20(21,22)23/h13H,7-12,14H2,1-6H3. The molecule has 0 atom stereocenters. The number of alkyl halides is 3. The summed E-state index contributed by atoms with van der Waals surface area (Å²) in [7, 11) is -1.37. The van der Waals surface area contributed by atoms with E-state index in [4.69, 9.17) is 18.9 Å². The fourth-order valence-corrected chi connectivity index (χ4v) is 3.08. The predicted molar refractivity (Wildman–Crippen MR) is 114 cm³/mol. The normalized spacial score (nSPS) is 12.7. The molecule has 0 N–H and O–H groups in total. The van der Waals surface area contributed by atoms with Crippen molar-refractivity contribution in [2.24, 2.45) is 0 Å². The van der Waals surface area contributed by atoms with Gasteiger partial charge < -0.3 is 18.9 Å². The summed E-state index contributed by atoms with van der Waals surface area (Å²) >= 11 is 0. The average molecular weight is 483 g/mol. The molecule has 1 rings (SSSR count). The Morgan fingerprint density at radius 1 is 1.06 bits per heavy atom. The van der Waals surface area contributed by atoms with Gasteiger partial charge in [-0.2, -0.15) is 18.3 Å². The molecule has 1 aromatic heterocycles. The molecule has 0 radical (unpaired) electrons. The van der Waals surface area contributed by atoms with E-state index in [2.05, 4.69) is 24.7 Å². The summed E-state index contributed by atoms with van der Waals surface area (Å²) in [5.41, 5.74) is -3.40. The minimum Gasteiger partial charge on any atom is -0.489 e. The van der Waals surface area contributed by atoms with Gasteiger partial charge in [0, 0.05) is 14.7 Å². The van der Waals surface area contributed by atoms with E-state index in [1.807, 2.05) is 0 Å². The second-order valence-corrected chi connectivity index (χ2v) is 15.0. The molecule has 0 saturated carbocycles. The van der Waals surface area contributed by atoms with Crippen LogP contribution < -0.4 is 10.3 Å². The Hall–Kier alpha value is -1.92. The quantitative estimate of drug-likeness (QED) is 0.255. The molecule has 1 aromatic rings. The summed E-state index contributed by atoms with van der Waals surface area (Å²) in [5.74, 6) is -1.13. The maximum absolute atomic E-state index is 13.4. The van der Waals surface area contributed by atoms with Crippen LogP contribution in [0.3, 0.4) is 0 Å². The Morgan fingerprint density at radius 2 is 1.72 bits per heavy atom. The molecule has 0 saturated heterocycles. The fraction of sp³-hybridized carbons (Fsp3) is 0.750. The number of aromatic nitrogens is 2. The minimum absolute atomic E-state index is 0.000371. The van der Waals surface area contributed by atoms with Crippen LogP contribution in [0.2, 0.25) is 25.7 Å². The largest absolute Gasteiger partial charge is 0.489 e. The number of hydrogen-bond donors (Lipinski definition) is 0. The number of hydrogen-bond acceptors (Lipinski definition) is 7. The first-order valence-electron chi connectivity index (χ1n) is 10.3. The van der Waals surface area contributed by atoms with Gasteiger partial charge in [0.2, 0.25) is 0 Å². The molecule has 0 unspecified atom stereocenters. The smallest absolute Gasteiger partial charge is 0.425 e. The van der Waals surface area contributed by atoms with Gasteiger partial charge in [-0.15, -0.1) is 0 Å². The summed E-state index contributed by atoms with van der Waals surface area (Å²) in [6, 6.07) is 0.809. The van der Waals surface area contributed by atoms with Crippen molar-refractivity contribution >= 4 is 14.0 Å². The molecule has 0 aliphatic carbocycles. The van der Waals surface area contributed by atoms with Gasteiger partial charge in [-0.1, -0.05) is 19.6 Å². The summed E-state index contributed by atoms with van der Waals surface area (Å²) in [6.45, 7) is 11.3. The van der Waals surface area contributed by atoms with Gasteiger partial charge in [-0.25, -0.2) is 4.68 Å². The molecule has 184 valence electrons. The van der Waals surface area contributed by atoms with Crippen LogP contribution in [0.25, 0.3) is 0 Å². The van der Waals surface area contributed by atoms with E-state index in [-0.39, 0.29) is 33.0 Å². The third-order valence-corrected chi connectivity index (χ3v) is 5.56. The number of esters is 1. The average Bonchev–Trinajstić information content (AvgIpc) is 2.59. The van der Waals surface area contributed by atoms with Gasteiger partial charge in [-0.05, 0) is 26.8 Å². The Labute approximate surface area is 187 Å². The molecular formula is C20H33F3N2O6Si. The van der Waals surface area contributed by atoms with E-state index in [0.717, 1.165) is 12.2 Å². The summed E-state index contributed by atoms with van der Waals surface area (Å²) in [5, 5.41) is 3.72. The highest BCUT2D eigenvalue weighted by atomic mass is 28.3. The molecule has 0 aliphatic heterocycles. The molecule has 0 amide bonds. The van der Waals surface area contributed by atoms with Gasteiger partial charge in [0.15, 0.2) is 11.3 Å². The molecule has 1 heterocycles. The van der Waals surface area contributed by atoms with Crippen molar-refractivity contribution in [3.8, 4) is 5.75 Å². The van der Waals surface area contributed by atoms with Crippen LogP contribution in [0.1, 0.15) is 32.8 Å². The SMILES string of the molecule is CC(C)(C)OC(=O)CCOCCOc1cnn(COCC[Si](C)(C)C)c(=O)c1C(F)(F)F. The summed E-state index contributed by atoms with van der Waals surface area (Å²) in [6.07, 6.45) is -4.08. The maximum atomic E-state index is 13.4. The van der Waals surface area contributed by atoms with Crippen LogP contribution in [-0.2, 0) is 31.9 Å². The first kappa shape index (κ1) is 28.1. The third-order valence-electron chi connectivity index (χ3n) is 3.86. The van der Waals surface area contributed by atoms with Crippen molar-refractivity contribution in [3.05, 3.63) is 22.1 Å². The molecule has 12 heteroatoms. The third kappa shape index (κ3) is 11.1. The van der Waals surface area contributed by atoms with Gasteiger partial charge in [-0.3, -0.25) is 9.59 Å². The van der Waals surface area contributed by atoms with Crippen LogP contribution >= 0.6 is 0 Å². The molecule has 0 aromatic carbocycles. The molecule has 0 bridgehead atoms. The van der Waals surface area contributed by atoms with Gasteiger partial charge in [0.05, 0.1) is 25.8 Å². The first-order valence-corrected chi connectivity index (χ1v) is 14.0. The molecule has 0 aliphatic rings. The van der Waals surface area contributed by atoms with Crippen LogP contribution in [0.4, 0.5) is 13.2 Å². The van der Waals surface area contributed by atoms with Crippen molar-refractivity contribution in [3.63, 3.8) is 0 Å². The zero-order chi connectivity index (χ0) is 24.6. The van der Waals surface area contributed by atoms with E-state index >= 15 is 0 Å². The molecule has 8 nitrogen and oxygen atoms in total. The highest BCUT2D eigenvalue weighted by Crippen LogP contribution is 2.32. The van der Waals surface area contributed by atoms with Crippen LogP contribution in [0.5, 0.6) is 5.75 Å². The van der Waals surface area contributed by atoms with Crippen molar-refractivity contribution in [1.29, 1.82) is 0 Å². The van der Waals surface area contributed by atoms with E-state index in [1.165, 1.54) is 0 Å². The van der Waals surface area contributed by atoms with Crippen LogP contribution in [-0.4, -0.2) is 55.9 Å². The lowest BCUT2D eigenvalue weighted by Crippen LogP contribution is -2.32. The van der Waals surface area contributed by atoms with Crippen LogP contribution in [0, 0.1) is 0 Å². The van der Waals surface area contributed by atoms with E-state index in [1.54, 1.807) is 20.8 Å². The molecule has 0 spiro atoms. The maximum Gasteiger partial charge on any atom is 0.425 e. The van der Waals surface area contributed by atoms with E-state index in [9.17, 15) is 22.8 Å². The Morgan fingerprint density at radius 3 is 2.28 bits per heavy atom. The van der Waals surface area contributed by atoms with E-state index < -0.39 is 42.7 Å². The lowest BCUT2D eigenvalue weighted by Gasteiger charge is -2.19. The number of rotatable bonds is 12. The fourth-order valence-electron chi connectivity index (χ4n) is 2.33. The molecular weight excluding hydrogens is 449 g/mol. The Kier molecular flexibility index (Phi) is 10.4. The van der Waals surface area contributed by atoms with Crippen molar-refractivity contribution in [2.75, 3.05) is 26.4 Å². The zero-order valence-corrected chi connectivity index (χ0v) is 20.5. The first-order chi connectivity index (χ1) is 14.6. The number of ether oxygens (including phenoxy) is 4. The van der Waals surface area contributed by atoms with Gasteiger partial charge in [0.1, 0.15) is 18.9 Å². The molecule has 32 heavy (non-hydrogen) atoms.